The molecular formula is C14H18N2O2. The lowest BCUT2D eigenvalue weighted by Gasteiger charge is -2.20. The van der Waals surface area contributed by atoms with E-state index in [0.29, 0.717) is 23.5 Å². The highest BCUT2D eigenvalue weighted by molar-refractivity contribution is 5.99. The van der Waals surface area contributed by atoms with Gasteiger partial charge >= 0.3 is 0 Å². The van der Waals surface area contributed by atoms with Crippen LogP contribution in [0.5, 0.6) is 5.75 Å². The molecule has 4 heteroatoms. The van der Waals surface area contributed by atoms with E-state index in [2.05, 4.69) is 5.92 Å². The predicted octanol–water partition coefficient (Wildman–Crippen LogP) is 1.76. The second kappa shape index (κ2) is 6.55. The van der Waals surface area contributed by atoms with E-state index in [1.54, 1.807) is 30.2 Å². The first-order valence-electron chi connectivity index (χ1n) is 5.80. The molecule has 0 saturated heterocycles. The molecule has 0 aromatic heterocycles. The van der Waals surface area contributed by atoms with Crippen LogP contribution in [-0.2, 0) is 0 Å². The molecular weight excluding hydrogens is 228 g/mol. The van der Waals surface area contributed by atoms with Gasteiger partial charge in [-0.1, -0.05) is 12.8 Å². The Morgan fingerprint density at radius 2 is 2.28 bits per heavy atom. The highest BCUT2D eigenvalue weighted by atomic mass is 16.5. The largest absolute Gasteiger partial charge is 0.497 e. The van der Waals surface area contributed by atoms with Gasteiger partial charge in [0.15, 0.2) is 0 Å². The van der Waals surface area contributed by atoms with Crippen molar-refractivity contribution in [3.8, 4) is 18.1 Å². The molecule has 18 heavy (non-hydrogen) atoms. The molecule has 1 amide bonds. The van der Waals surface area contributed by atoms with Crippen molar-refractivity contribution in [1.29, 1.82) is 0 Å². The van der Waals surface area contributed by atoms with Crippen LogP contribution in [0.3, 0.4) is 0 Å². The molecule has 2 N–H and O–H groups in total. The molecule has 0 saturated carbocycles. The normalized spacial score (nSPS) is 9.61. The van der Waals surface area contributed by atoms with Gasteiger partial charge in [-0.05, 0) is 24.6 Å². The number of hydrogen-bond donors (Lipinski definition) is 1. The van der Waals surface area contributed by atoms with Crippen LogP contribution in [0.4, 0.5) is 5.69 Å². The summed E-state index contributed by atoms with van der Waals surface area (Å²) in [5.74, 6) is 2.93. The number of nitrogens with zero attached hydrogens (tertiary/aromatic N) is 1. The van der Waals surface area contributed by atoms with Gasteiger partial charge in [0, 0.05) is 12.2 Å². The molecule has 0 aliphatic rings. The number of hydrogen-bond acceptors (Lipinski definition) is 3. The summed E-state index contributed by atoms with van der Waals surface area (Å²) in [4.78, 5) is 13.9. The second-order valence-corrected chi connectivity index (χ2v) is 3.88. The average molecular weight is 246 g/mol. The lowest BCUT2D eigenvalue weighted by Crippen LogP contribution is -2.32. The number of nitrogen functional groups attached to an aromatic ring is 1. The van der Waals surface area contributed by atoms with Gasteiger partial charge in [0.25, 0.3) is 5.91 Å². The highest BCUT2D eigenvalue weighted by Crippen LogP contribution is 2.21. The zero-order chi connectivity index (χ0) is 13.5. The monoisotopic (exact) mass is 246 g/mol. The van der Waals surface area contributed by atoms with Crippen molar-refractivity contribution in [2.24, 2.45) is 0 Å². The first kappa shape index (κ1) is 13.9. The molecule has 1 aromatic carbocycles. The fourth-order valence-corrected chi connectivity index (χ4v) is 1.65. The minimum Gasteiger partial charge on any atom is -0.497 e. The Kier molecular flexibility index (Phi) is 5.06. The first-order chi connectivity index (χ1) is 8.63. The van der Waals surface area contributed by atoms with E-state index >= 15 is 0 Å². The number of carbonyl (C=O) groups excluding carboxylic acids is 1. The Labute approximate surface area is 108 Å². The maximum absolute atomic E-state index is 12.3. The van der Waals surface area contributed by atoms with Crippen LogP contribution in [0, 0.1) is 12.3 Å². The maximum atomic E-state index is 12.3. The third-order valence-corrected chi connectivity index (χ3v) is 2.55. The Morgan fingerprint density at radius 1 is 1.56 bits per heavy atom. The number of nitrogens with two attached hydrogens (primary N) is 1. The third-order valence-electron chi connectivity index (χ3n) is 2.55. The molecule has 0 unspecified atom stereocenters. The van der Waals surface area contributed by atoms with Gasteiger partial charge in [0.1, 0.15) is 5.75 Å². The van der Waals surface area contributed by atoms with E-state index in [1.165, 1.54) is 0 Å². The fraction of sp³-hybridized carbons (Fsp3) is 0.357. The van der Waals surface area contributed by atoms with E-state index in [0.717, 1.165) is 6.42 Å². The quantitative estimate of drug-likeness (QED) is 0.636. The molecule has 0 atom stereocenters. The standard InChI is InChI=1S/C14H18N2O2/c1-4-8-16(9-5-2)14(17)12-10-11(18-3)6-7-13(12)15/h1,6-7,10H,5,8-9,15H2,2-3H3. The van der Waals surface area contributed by atoms with E-state index in [1.807, 2.05) is 6.92 Å². The van der Waals surface area contributed by atoms with Crippen LogP contribution in [-0.4, -0.2) is 31.0 Å². The first-order valence-corrected chi connectivity index (χ1v) is 5.80. The van der Waals surface area contributed by atoms with Crippen molar-refractivity contribution in [1.82, 2.24) is 4.90 Å². The summed E-state index contributed by atoms with van der Waals surface area (Å²) in [6.45, 7) is 2.88. The molecule has 0 aliphatic carbocycles. The minimum absolute atomic E-state index is 0.161. The Balaban J connectivity index is 3.03. The summed E-state index contributed by atoms with van der Waals surface area (Å²) in [6, 6.07) is 5.01. The lowest BCUT2D eigenvalue weighted by atomic mass is 10.1. The smallest absolute Gasteiger partial charge is 0.256 e. The Morgan fingerprint density at radius 3 is 2.83 bits per heavy atom. The van der Waals surface area contributed by atoms with E-state index < -0.39 is 0 Å². The number of amides is 1. The summed E-state index contributed by atoms with van der Waals surface area (Å²) < 4.78 is 5.09. The van der Waals surface area contributed by atoms with Crippen LogP contribution in [0.1, 0.15) is 23.7 Å². The van der Waals surface area contributed by atoms with E-state index in [9.17, 15) is 4.79 Å². The van der Waals surface area contributed by atoms with Crippen molar-refractivity contribution < 1.29 is 9.53 Å². The van der Waals surface area contributed by atoms with Crippen LogP contribution in [0.2, 0.25) is 0 Å². The molecule has 0 bridgehead atoms. The van der Waals surface area contributed by atoms with Gasteiger partial charge in [-0.3, -0.25) is 4.79 Å². The second-order valence-electron chi connectivity index (χ2n) is 3.88. The minimum atomic E-state index is -0.161. The maximum Gasteiger partial charge on any atom is 0.256 e. The van der Waals surface area contributed by atoms with Gasteiger partial charge in [-0.2, -0.15) is 0 Å². The van der Waals surface area contributed by atoms with Crippen LogP contribution in [0.25, 0.3) is 0 Å². The van der Waals surface area contributed by atoms with Gasteiger partial charge < -0.3 is 15.4 Å². The summed E-state index contributed by atoms with van der Waals surface area (Å²) in [5.41, 5.74) is 6.68. The molecule has 0 heterocycles. The fourth-order valence-electron chi connectivity index (χ4n) is 1.65. The topological polar surface area (TPSA) is 55.6 Å². The Hall–Kier alpha value is -2.15. The summed E-state index contributed by atoms with van der Waals surface area (Å²) >= 11 is 0. The van der Waals surface area contributed by atoms with Crippen molar-refractivity contribution in [3.05, 3.63) is 23.8 Å². The molecule has 0 fully saturated rings. The van der Waals surface area contributed by atoms with Crippen LogP contribution < -0.4 is 10.5 Å². The van der Waals surface area contributed by atoms with Gasteiger partial charge in [0.2, 0.25) is 0 Å². The number of anilines is 1. The summed E-state index contributed by atoms with van der Waals surface area (Å²) in [5, 5.41) is 0. The average Bonchev–Trinajstić information content (AvgIpc) is 2.38. The summed E-state index contributed by atoms with van der Waals surface area (Å²) in [7, 11) is 1.55. The number of methoxy groups -OCH3 is 1. The number of terminal acetylenes is 1. The van der Waals surface area contributed by atoms with Crippen molar-refractivity contribution in [2.45, 2.75) is 13.3 Å². The molecule has 1 rings (SSSR count). The summed E-state index contributed by atoms with van der Waals surface area (Å²) in [6.07, 6.45) is 6.11. The predicted molar refractivity (Wildman–Crippen MR) is 72.4 cm³/mol. The zero-order valence-corrected chi connectivity index (χ0v) is 10.8. The van der Waals surface area contributed by atoms with Gasteiger partial charge in [-0.25, -0.2) is 0 Å². The molecule has 1 aromatic rings. The van der Waals surface area contributed by atoms with E-state index in [-0.39, 0.29) is 12.5 Å². The lowest BCUT2D eigenvalue weighted by molar-refractivity contribution is 0.0777. The van der Waals surface area contributed by atoms with Gasteiger partial charge in [-0.15, -0.1) is 6.42 Å². The van der Waals surface area contributed by atoms with Crippen molar-refractivity contribution >= 4 is 11.6 Å². The molecule has 0 radical (unpaired) electrons. The van der Waals surface area contributed by atoms with Crippen molar-refractivity contribution in [2.75, 3.05) is 25.9 Å². The van der Waals surface area contributed by atoms with Crippen molar-refractivity contribution in [3.63, 3.8) is 0 Å². The highest BCUT2D eigenvalue weighted by Gasteiger charge is 2.17. The third kappa shape index (κ3) is 3.17. The molecule has 0 spiro atoms. The number of ether oxygens (including phenoxy) is 1. The number of rotatable bonds is 5. The SMILES string of the molecule is C#CCN(CCC)C(=O)c1cc(OC)ccc1N. The van der Waals surface area contributed by atoms with E-state index in [4.69, 9.17) is 16.9 Å². The zero-order valence-electron chi connectivity index (χ0n) is 10.8. The van der Waals surface area contributed by atoms with Crippen LogP contribution >= 0.6 is 0 Å². The Bertz CT molecular complexity index is 463. The number of carbonyl (C=O) groups is 1. The van der Waals surface area contributed by atoms with Gasteiger partial charge in [0.05, 0.1) is 19.2 Å². The molecule has 96 valence electrons. The molecule has 0 aliphatic heterocycles. The number of benzene rings is 1. The van der Waals surface area contributed by atoms with Crippen LogP contribution in [0.15, 0.2) is 18.2 Å². The molecule has 4 nitrogen and oxygen atoms in total.